The smallest absolute Gasteiger partial charge is 0.241 e. The first-order chi connectivity index (χ1) is 10.6. The Morgan fingerprint density at radius 3 is 2.45 bits per heavy atom. The van der Waals surface area contributed by atoms with E-state index in [1.807, 2.05) is 6.07 Å². The average Bonchev–Trinajstić information content (AvgIpc) is 3.03. The molecule has 1 aliphatic heterocycles. The van der Waals surface area contributed by atoms with Crippen molar-refractivity contribution in [3.63, 3.8) is 0 Å². The average molecular weight is 304 g/mol. The van der Waals surface area contributed by atoms with E-state index in [-0.39, 0.29) is 17.4 Å². The van der Waals surface area contributed by atoms with Gasteiger partial charge in [0.25, 0.3) is 0 Å². The molecule has 22 heavy (non-hydrogen) atoms. The minimum Gasteiger partial charge on any atom is -0.493 e. The van der Waals surface area contributed by atoms with Crippen molar-refractivity contribution in [3.05, 3.63) is 23.3 Å². The van der Waals surface area contributed by atoms with Crippen LogP contribution in [0.4, 0.5) is 0 Å². The Hall–Kier alpha value is -1.75. The molecule has 1 fully saturated rings. The lowest BCUT2D eigenvalue weighted by Crippen LogP contribution is -2.48. The van der Waals surface area contributed by atoms with E-state index < -0.39 is 0 Å². The van der Waals surface area contributed by atoms with E-state index in [2.05, 4.69) is 16.7 Å². The number of carbonyl (C=O) groups excluding carboxylic acids is 1. The number of fused-ring (bicyclic) bond motifs is 2. The number of likely N-dealkylation sites (N-methyl/N-ethyl adjacent to an activating group) is 1. The third-order valence-electron chi connectivity index (χ3n) is 5.15. The summed E-state index contributed by atoms with van der Waals surface area (Å²) in [5, 5.41) is 6.19. The van der Waals surface area contributed by atoms with E-state index in [4.69, 9.17) is 9.47 Å². The van der Waals surface area contributed by atoms with Gasteiger partial charge in [-0.2, -0.15) is 0 Å². The van der Waals surface area contributed by atoms with Crippen molar-refractivity contribution in [3.8, 4) is 11.5 Å². The molecule has 1 heterocycles. The summed E-state index contributed by atoms with van der Waals surface area (Å²) in [6.45, 7) is 0.841. The molecule has 0 bridgehead atoms. The Labute approximate surface area is 131 Å². The van der Waals surface area contributed by atoms with Crippen LogP contribution in [0.2, 0.25) is 0 Å². The highest BCUT2D eigenvalue weighted by Gasteiger charge is 2.44. The Bertz CT molecular complexity index is 580. The number of hydrogen-bond acceptors (Lipinski definition) is 4. The van der Waals surface area contributed by atoms with Gasteiger partial charge in [-0.3, -0.25) is 4.79 Å². The van der Waals surface area contributed by atoms with Crippen molar-refractivity contribution in [1.29, 1.82) is 0 Å². The zero-order chi connectivity index (χ0) is 15.7. The summed E-state index contributed by atoms with van der Waals surface area (Å²) in [5.41, 5.74) is 2.39. The topological polar surface area (TPSA) is 59.6 Å². The highest BCUT2D eigenvalue weighted by Crippen LogP contribution is 2.48. The van der Waals surface area contributed by atoms with Crippen LogP contribution >= 0.6 is 0 Å². The summed E-state index contributed by atoms with van der Waals surface area (Å²) in [6, 6.07) is 3.71. The standard InChI is InChI=1S/C17H24N2O3/c1-18-16(20)15-11-8-13(21-2)14(22-3)9-12(11)17(10-19-15)6-4-5-7-17/h8-9,15,19H,4-7,10H2,1-3H3,(H,18,20)/t15-/m1/s1. The first-order valence-corrected chi connectivity index (χ1v) is 7.86. The molecule has 0 saturated heterocycles. The summed E-state index contributed by atoms with van der Waals surface area (Å²) >= 11 is 0. The third kappa shape index (κ3) is 2.24. The molecular formula is C17H24N2O3. The molecule has 120 valence electrons. The Morgan fingerprint density at radius 2 is 1.86 bits per heavy atom. The summed E-state index contributed by atoms with van der Waals surface area (Å²) < 4.78 is 10.9. The van der Waals surface area contributed by atoms with Gasteiger partial charge in [0.05, 0.1) is 14.2 Å². The lowest BCUT2D eigenvalue weighted by atomic mass is 9.72. The Kier molecular flexibility index (Phi) is 4.00. The number of rotatable bonds is 3. The molecule has 0 unspecified atom stereocenters. The highest BCUT2D eigenvalue weighted by atomic mass is 16.5. The van der Waals surface area contributed by atoms with Crippen molar-refractivity contribution >= 4 is 5.91 Å². The van der Waals surface area contributed by atoms with Crippen LogP contribution in [0.1, 0.15) is 42.9 Å². The maximum Gasteiger partial charge on any atom is 0.241 e. The number of carbonyl (C=O) groups is 1. The first kappa shape index (κ1) is 15.2. The van der Waals surface area contributed by atoms with Crippen LogP contribution in [0.3, 0.4) is 0 Å². The molecule has 1 atom stereocenters. The summed E-state index contributed by atoms with van der Waals surface area (Å²) in [6.07, 6.45) is 4.78. The number of benzene rings is 1. The maximum absolute atomic E-state index is 12.2. The lowest BCUT2D eigenvalue weighted by molar-refractivity contribution is -0.123. The van der Waals surface area contributed by atoms with Gasteiger partial charge in [0.2, 0.25) is 5.91 Å². The molecule has 1 spiro atoms. The van der Waals surface area contributed by atoms with Gasteiger partial charge < -0.3 is 20.1 Å². The molecular weight excluding hydrogens is 280 g/mol. The molecule has 1 amide bonds. The number of hydrogen-bond donors (Lipinski definition) is 2. The second kappa shape index (κ2) is 5.80. The highest BCUT2D eigenvalue weighted by molar-refractivity contribution is 5.84. The number of nitrogens with one attached hydrogen (secondary N) is 2. The van der Waals surface area contributed by atoms with Crippen molar-refractivity contribution in [2.24, 2.45) is 0 Å². The molecule has 2 N–H and O–H groups in total. The largest absolute Gasteiger partial charge is 0.493 e. The normalized spacial score (nSPS) is 22.2. The molecule has 2 aliphatic rings. The van der Waals surface area contributed by atoms with Crippen LogP contribution < -0.4 is 20.1 Å². The van der Waals surface area contributed by atoms with E-state index in [1.54, 1.807) is 21.3 Å². The number of amides is 1. The van der Waals surface area contributed by atoms with E-state index >= 15 is 0 Å². The number of methoxy groups -OCH3 is 2. The zero-order valence-electron chi connectivity index (χ0n) is 13.5. The predicted molar refractivity (Wildman–Crippen MR) is 84.5 cm³/mol. The van der Waals surface area contributed by atoms with E-state index in [0.29, 0.717) is 5.75 Å². The van der Waals surface area contributed by atoms with E-state index in [0.717, 1.165) is 30.7 Å². The van der Waals surface area contributed by atoms with Crippen LogP contribution in [-0.2, 0) is 10.2 Å². The van der Waals surface area contributed by atoms with Gasteiger partial charge >= 0.3 is 0 Å². The van der Waals surface area contributed by atoms with Gasteiger partial charge in [0.15, 0.2) is 11.5 Å². The molecule has 3 rings (SSSR count). The number of ether oxygens (including phenoxy) is 2. The molecule has 1 saturated carbocycles. The second-order valence-corrected chi connectivity index (χ2v) is 6.21. The lowest BCUT2D eigenvalue weighted by Gasteiger charge is -2.40. The van der Waals surface area contributed by atoms with E-state index in [9.17, 15) is 4.79 Å². The Morgan fingerprint density at radius 1 is 1.23 bits per heavy atom. The SMILES string of the molecule is CNC(=O)[C@@H]1NCC2(CCCC2)c2cc(OC)c(OC)cc21. The van der Waals surface area contributed by atoms with Crippen LogP contribution in [0.15, 0.2) is 12.1 Å². The summed E-state index contributed by atoms with van der Waals surface area (Å²) in [4.78, 5) is 12.2. The first-order valence-electron chi connectivity index (χ1n) is 7.86. The van der Waals surface area contributed by atoms with Gasteiger partial charge in [-0.25, -0.2) is 0 Å². The van der Waals surface area contributed by atoms with Crippen LogP contribution in [0.25, 0.3) is 0 Å². The van der Waals surface area contributed by atoms with Crippen LogP contribution in [0, 0.1) is 0 Å². The van der Waals surface area contributed by atoms with Gasteiger partial charge in [-0.15, -0.1) is 0 Å². The fraction of sp³-hybridized carbons (Fsp3) is 0.588. The molecule has 5 nitrogen and oxygen atoms in total. The maximum atomic E-state index is 12.2. The van der Waals surface area contributed by atoms with Crippen molar-refractivity contribution in [2.45, 2.75) is 37.1 Å². The quantitative estimate of drug-likeness (QED) is 0.895. The third-order valence-corrected chi connectivity index (χ3v) is 5.15. The van der Waals surface area contributed by atoms with Crippen LogP contribution in [0.5, 0.6) is 11.5 Å². The fourth-order valence-electron chi connectivity index (χ4n) is 3.97. The van der Waals surface area contributed by atoms with Crippen molar-refractivity contribution in [2.75, 3.05) is 27.8 Å². The second-order valence-electron chi connectivity index (χ2n) is 6.21. The monoisotopic (exact) mass is 304 g/mol. The summed E-state index contributed by atoms with van der Waals surface area (Å²) in [5.74, 6) is 1.40. The Balaban J connectivity index is 2.15. The van der Waals surface area contributed by atoms with Gasteiger partial charge in [-0.05, 0) is 36.1 Å². The van der Waals surface area contributed by atoms with Crippen LogP contribution in [-0.4, -0.2) is 33.7 Å². The molecule has 5 heteroatoms. The van der Waals surface area contributed by atoms with Gasteiger partial charge in [0.1, 0.15) is 6.04 Å². The van der Waals surface area contributed by atoms with Gasteiger partial charge in [0, 0.05) is 19.0 Å². The molecule has 1 aliphatic carbocycles. The van der Waals surface area contributed by atoms with Crippen molar-refractivity contribution < 1.29 is 14.3 Å². The fourth-order valence-corrected chi connectivity index (χ4v) is 3.97. The molecule has 0 aromatic heterocycles. The van der Waals surface area contributed by atoms with Gasteiger partial charge in [-0.1, -0.05) is 12.8 Å². The van der Waals surface area contributed by atoms with E-state index in [1.165, 1.54) is 18.4 Å². The zero-order valence-corrected chi connectivity index (χ0v) is 13.5. The molecule has 1 aromatic carbocycles. The molecule has 0 radical (unpaired) electrons. The summed E-state index contributed by atoms with van der Waals surface area (Å²) in [7, 11) is 4.95. The van der Waals surface area contributed by atoms with Crippen molar-refractivity contribution in [1.82, 2.24) is 10.6 Å². The molecule has 1 aromatic rings. The minimum absolute atomic E-state index is 0.0127. The predicted octanol–water partition coefficient (Wildman–Crippen LogP) is 1.91. The minimum atomic E-state index is -0.328.